The average Bonchev–Trinajstić information content (AvgIpc) is 2.67. The van der Waals surface area contributed by atoms with Crippen LogP contribution in [0.5, 0.6) is 0 Å². The fourth-order valence-corrected chi connectivity index (χ4v) is 3.01. The monoisotopic (exact) mass is 490 g/mol. The van der Waals surface area contributed by atoms with Crippen LogP contribution in [0.4, 0.5) is 0 Å². The molecule has 0 aliphatic carbocycles. The van der Waals surface area contributed by atoms with E-state index in [1.54, 1.807) is 0 Å². The molecule has 0 aromatic heterocycles. The van der Waals surface area contributed by atoms with Gasteiger partial charge in [0, 0.05) is 12.2 Å². The maximum atomic E-state index is 11.1. The molecule has 0 fully saturated rings. The van der Waals surface area contributed by atoms with Gasteiger partial charge in [-0.1, -0.05) is 103 Å². The number of aliphatic carboxylic acids is 1. The molecule has 0 aliphatic rings. The summed E-state index contributed by atoms with van der Waals surface area (Å²) in [6.07, 6.45) is 22.7. The molecule has 0 unspecified atom stereocenters. The first-order valence-electron chi connectivity index (χ1n) is 11.4. The first-order valence-corrected chi connectivity index (χ1v) is 12.8. The molecule has 0 spiro atoms. The summed E-state index contributed by atoms with van der Waals surface area (Å²) < 4.78 is 36.5. The predicted octanol–water partition coefficient (Wildman–Crippen LogP) is 5.13. The van der Waals surface area contributed by atoms with E-state index in [4.69, 9.17) is 27.4 Å². The topological polar surface area (TPSA) is 138 Å². The van der Waals surface area contributed by atoms with Crippen molar-refractivity contribution in [3.8, 4) is 0 Å². The van der Waals surface area contributed by atoms with E-state index >= 15 is 0 Å². The zero-order chi connectivity index (χ0) is 23.8. The van der Waals surface area contributed by atoms with Crippen LogP contribution < -0.4 is 0 Å². The van der Waals surface area contributed by atoms with Gasteiger partial charge in [-0.15, -0.1) is 0 Å². The molecule has 0 aromatic rings. The molecule has 0 amide bonds. The Morgan fingerprint density at radius 1 is 0.688 bits per heavy atom. The summed E-state index contributed by atoms with van der Waals surface area (Å²) in [4.78, 5) is 21.4. The minimum absolute atomic E-state index is 0. The zero-order valence-corrected chi connectivity index (χ0v) is 19.8. The number of hydrogen-bond acceptors (Lipinski definition) is 5. The third kappa shape index (κ3) is 43.4. The number of esters is 1. The van der Waals surface area contributed by atoms with Crippen LogP contribution in [0.3, 0.4) is 0 Å². The van der Waals surface area contributed by atoms with Crippen LogP contribution in [0.1, 0.15) is 110 Å². The van der Waals surface area contributed by atoms with Gasteiger partial charge in [0.25, 0.3) is 0 Å². The summed E-state index contributed by atoms with van der Waals surface area (Å²) in [5.74, 6) is -1.71. The number of unbranched alkanes of at least 4 members (excludes halogenated alkanes) is 15. The molecule has 0 radical (unpaired) electrons. The molecule has 0 aliphatic heterocycles. The van der Waals surface area contributed by atoms with Crippen molar-refractivity contribution < 1.29 is 37.0 Å². The molecule has 0 rings (SSSR count). The molecule has 0 heterocycles. The normalized spacial score (nSPS) is 10.8. The van der Waals surface area contributed by atoms with Crippen molar-refractivity contribution in [2.24, 2.45) is 0 Å². The van der Waals surface area contributed by atoms with E-state index < -0.39 is 22.3 Å². The van der Waals surface area contributed by atoms with Gasteiger partial charge >= 0.3 is 51.9 Å². The molecule has 3 N–H and O–H groups in total. The SMILES string of the molecule is CCCCCCCCCCCCCCCCCCOC(=O)/C=C/C(=O)O.O=S(=O)(O)O.[NaH]. The van der Waals surface area contributed by atoms with Crippen LogP contribution in [0, 0.1) is 0 Å². The summed E-state index contributed by atoms with van der Waals surface area (Å²) in [5.41, 5.74) is 0. The van der Waals surface area contributed by atoms with Gasteiger partial charge in [-0.05, 0) is 6.42 Å². The Morgan fingerprint density at radius 2 is 1.00 bits per heavy atom. The van der Waals surface area contributed by atoms with Crippen molar-refractivity contribution in [3.05, 3.63) is 12.2 Å². The number of carbonyl (C=O) groups is 2. The van der Waals surface area contributed by atoms with Crippen molar-refractivity contribution in [1.82, 2.24) is 0 Å². The molecule has 0 atom stereocenters. The van der Waals surface area contributed by atoms with Gasteiger partial charge in [0.1, 0.15) is 0 Å². The average molecular weight is 491 g/mol. The Bertz CT molecular complexity index is 556. The van der Waals surface area contributed by atoms with Gasteiger partial charge in [-0.3, -0.25) is 9.11 Å². The van der Waals surface area contributed by atoms with Gasteiger partial charge in [0.05, 0.1) is 6.61 Å². The predicted molar refractivity (Wildman–Crippen MR) is 129 cm³/mol. The second kappa shape index (κ2) is 26.8. The molecular formula is C22H43NaO8S. The van der Waals surface area contributed by atoms with Gasteiger partial charge in [-0.2, -0.15) is 8.42 Å². The van der Waals surface area contributed by atoms with E-state index in [2.05, 4.69) is 6.92 Å². The first-order chi connectivity index (χ1) is 14.7. The van der Waals surface area contributed by atoms with E-state index in [9.17, 15) is 9.59 Å². The molecule has 0 saturated heterocycles. The van der Waals surface area contributed by atoms with Crippen molar-refractivity contribution in [3.63, 3.8) is 0 Å². The number of carboxylic acid groups (broad SMARTS) is 1. The summed E-state index contributed by atoms with van der Waals surface area (Å²) in [6, 6.07) is 0. The third-order valence-electron chi connectivity index (χ3n) is 4.60. The van der Waals surface area contributed by atoms with Gasteiger partial charge in [0.2, 0.25) is 0 Å². The van der Waals surface area contributed by atoms with E-state index in [-0.39, 0.29) is 29.6 Å². The number of carbonyl (C=O) groups excluding carboxylic acids is 1. The Balaban J connectivity index is -0.00000125. The summed E-state index contributed by atoms with van der Waals surface area (Å²) >= 11 is 0. The van der Waals surface area contributed by atoms with E-state index in [0.717, 1.165) is 25.0 Å². The summed E-state index contributed by atoms with van der Waals surface area (Å²) in [7, 11) is -4.67. The van der Waals surface area contributed by atoms with Crippen molar-refractivity contribution >= 4 is 51.9 Å². The Hall–Kier alpha value is -0.450. The Morgan fingerprint density at radius 3 is 1.31 bits per heavy atom. The number of ether oxygens (including phenoxy) is 1. The quantitative estimate of drug-likeness (QED) is 0.0744. The fourth-order valence-electron chi connectivity index (χ4n) is 3.01. The van der Waals surface area contributed by atoms with Crippen molar-refractivity contribution in [2.75, 3.05) is 6.61 Å². The molecule has 8 nitrogen and oxygen atoms in total. The first kappa shape index (κ1) is 36.1. The molecule has 32 heavy (non-hydrogen) atoms. The van der Waals surface area contributed by atoms with E-state index in [1.807, 2.05) is 0 Å². The van der Waals surface area contributed by atoms with E-state index in [1.165, 1.54) is 89.9 Å². The Labute approximate surface area is 216 Å². The third-order valence-corrected chi connectivity index (χ3v) is 4.60. The minimum atomic E-state index is -4.67. The van der Waals surface area contributed by atoms with Crippen molar-refractivity contribution in [2.45, 2.75) is 110 Å². The summed E-state index contributed by atoms with van der Waals surface area (Å²) in [5, 5.41) is 8.39. The van der Waals surface area contributed by atoms with Crippen LogP contribution >= 0.6 is 0 Å². The number of rotatable bonds is 19. The molecular weight excluding hydrogens is 447 g/mol. The van der Waals surface area contributed by atoms with Crippen LogP contribution in [0.15, 0.2) is 12.2 Å². The summed E-state index contributed by atoms with van der Waals surface area (Å²) in [6.45, 7) is 2.64. The molecule has 0 aromatic carbocycles. The van der Waals surface area contributed by atoms with Crippen LogP contribution in [-0.2, 0) is 24.7 Å². The molecule has 10 heteroatoms. The number of hydrogen-bond donors (Lipinski definition) is 3. The van der Waals surface area contributed by atoms with Gasteiger partial charge in [-0.25, -0.2) is 9.59 Å². The van der Waals surface area contributed by atoms with Gasteiger partial charge < -0.3 is 9.84 Å². The molecule has 0 saturated carbocycles. The van der Waals surface area contributed by atoms with E-state index in [0.29, 0.717) is 6.61 Å². The zero-order valence-electron chi connectivity index (χ0n) is 19.0. The second-order valence-electron chi connectivity index (χ2n) is 7.59. The Kier molecular flexibility index (Phi) is 30.3. The second-order valence-corrected chi connectivity index (χ2v) is 8.49. The standard InChI is InChI=1S/C22H40O4.Na.H2O4S.H/c1-2-3-4-5-6-7-8-9-10-11-12-13-14-15-16-17-20-26-22(25)19-18-21(23)24;;1-5(2,3)4;/h18-19H,2-17,20H2,1H3,(H,23,24);;(H2,1,2,3,4);/b19-18+;;;. The fraction of sp³-hybridized carbons (Fsp3) is 0.818. The van der Waals surface area contributed by atoms with Gasteiger partial charge in [0.15, 0.2) is 0 Å². The van der Waals surface area contributed by atoms with Crippen LogP contribution in [0.2, 0.25) is 0 Å². The van der Waals surface area contributed by atoms with Crippen molar-refractivity contribution in [1.29, 1.82) is 0 Å². The maximum absolute atomic E-state index is 11.1. The van der Waals surface area contributed by atoms with Crippen LogP contribution in [-0.4, -0.2) is 70.7 Å². The van der Waals surface area contributed by atoms with Crippen LogP contribution in [0.25, 0.3) is 0 Å². The molecule has 0 bridgehead atoms. The number of carboxylic acids is 1. The molecule has 186 valence electrons.